The van der Waals surface area contributed by atoms with Crippen LogP contribution < -0.4 is 16.4 Å². The van der Waals surface area contributed by atoms with E-state index in [1.54, 1.807) is 0 Å². The Morgan fingerprint density at radius 2 is 2.00 bits per heavy atom. The van der Waals surface area contributed by atoms with Crippen molar-refractivity contribution in [2.24, 2.45) is 0 Å². The number of hydrogen-bond donors (Lipinski definition) is 4. The normalized spacial score (nSPS) is 10.5. The highest BCUT2D eigenvalue weighted by atomic mass is 16.1. The molecule has 0 aliphatic heterocycles. The number of amides is 1. The molecule has 2 rings (SSSR count). The van der Waals surface area contributed by atoms with Crippen molar-refractivity contribution < 1.29 is 4.79 Å². The van der Waals surface area contributed by atoms with Crippen LogP contribution in [0.25, 0.3) is 0 Å². The molecule has 24 heavy (non-hydrogen) atoms. The number of nitrogens with two attached hydrogens (primary N) is 1. The summed E-state index contributed by atoms with van der Waals surface area (Å²) in [4.78, 5) is 15.0. The zero-order chi connectivity index (χ0) is 17.2. The van der Waals surface area contributed by atoms with Crippen LogP contribution in [0.3, 0.4) is 0 Å². The number of carbonyl (C=O) groups excluding carboxylic acids is 1. The highest BCUT2D eigenvalue weighted by Gasteiger charge is 2.06. The maximum absolute atomic E-state index is 12.0. The minimum atomic E-state index is 0.0335. The molecule has 0 atom stereocenters. The Balaban J connectivity index is 1.77. The maximum atomic E-state index is 12.0. The predicted molar refractivity (Wildman–Crippen MR) is 101 cm³/mol. The average Bonchev–Trinajstić information content (AvgIpc) is 3.08. The number of carbonyl (C=O) groups is 1. The molecule has 5 heteroatoms. The Morgan fingerprint density at radius 3 is 2.71 bits per heavy atom. The number of hydrogen-bond acceptors (Lipinski definition) is 3. The van der Waals surface area contributed by atoms with Crippen molar-refractivity contribution in [3.05, 3.63) is 42.2 Å². The largest absolute Gasteiger partial charge is 0.397 e. The molecule has 1 aromatic carbocycles. The SMILES string of the molecule is CCCCCCCC(=O)Nc1ccc(NCc2cc[nH]c2)cc1N. The van der Waals surface area contributed by atoms with Gasteiger partial charge in [0.15, 0.2) is 0 Å². The van der Waals surface area contributed by atoms with E-state index in [4.69, 9.17) is 5.73 Å². The van der Waals surface area contributed by atoms with E-state index in [0.29, 0.717) is 17.8 Å². The zero-order valence-corrected chi connectivity index (χ0v) is 14.4. The topological polar surface area (TPSA) is 82.9 Å². The van der Waals surface area contributed by atoms with Gasteiger partial charge in [0.25, 0.3) is 0 Å². The molecule has 1 heterocycles. The van der Waals surface area contributed by atoms with Crippen molar-refractivity contribution in [1.29, 1.82) is 0 Å². The van der Waals surface area contributed by atoms with Gasteiger partial charge in [-0.1, -0.05) is 32.6 Å². The second-order valence-electron chi connectivity index (χ2n) is 6.09. The van der Waals surface area contributed by atoms with E-state index in [1.165, 1.54) is 24.8 Å². The lowest BCUT2D eigenvalue weighted by Crippen LogP contribution is -2.12. The smallest absolute Gasteiger partial charge is 0.224 e. The van der Waals surface area contributed by atoms with Crippen LogP contribution in [-0.4, -0.2) is 10.9 Å². The molecule has 2 aromatic rings. The molecule has 1 aromatic heterocycles. The molecule has 5 N–H and O–H groups in total. The van der Waals surface area contributed by atoms with Crippen LogP contribution in [0.15, 0.2) is 36.7 Å². The van der Waals surface area contributed by atoms with Crippen LogP contribution in [0.1, 0.15) is 51.0 Å². The van der Waals surface area contributed by atoms with Gasteiger partial charge in [0.1, 0.15) is 0 Å². The van der Waals surface area contributed by atoms with Gasteiger partial charge >= 0.3 is 0 Å². The highest BCUT2D eigenvalue weighted by molar-refractivity contribution is 5.94. The lowest BCUT2D eigenvalue weighted by atomic mass is 10.1. The van der Waals surface area contributed by atoms with E-state index in [-0.39, 0.29) is 5.91 Å². The third-order valence-electron chi connectivity index (χ3n) is 3.99. The number of nitrogens with one attached hydrogen (secondary N) is 3. The fourth-order valence-electron chi connectivity index (χ4n) is 2.56. The van der Waals surface area contributed by atoms with Crippen molar-refractivity contribution >= 4 is 23.0 Å². The van der Waals surface area contributed by atoms with Crippen molar-refractivity contribution in [3.63, 3.8) is 0 Å². The third-order valence-corrected chi connectivity index (χ3v) is 3.99. The lowest BCUT2D eigenvalue weighted by molar-refractivity contribution is -0.116. The molecular weight excluding hydrogens is 300 g/mol. The molecule has 0 aliphatic carbocycles. The molecule has 130 valence electrons. The Bertz CT molecular complexity index is 622. The Kier molecular flexibility index (Phi) is 7.21. The molecule has 0 saturated carbocycles. The average molecular weight is 328 g/mol. The van der Waals surface area contributed by atoms with Gasteiger partial charge in [0.05, 0.1) is 11.4 Å². The van der Waals surface area contributed by atoms with Crippen LogP contribution >= 0.6 is 0 Å². The highest BCUT2D eigenvalue weighted by Crippen LogP contribution is 2.23. The van der Waals surface area contributed by atoms with E-state index in [1.807, 2.05) is 36.7 Å². The van der Waals surface area contributed by atoms with E-state index in [0.717, 1.165) is 25.1 Å². The van der Waals surface area contributed by atoms with Crippen molar-refractivity contribution in [2.45, 2.75) is 52.0 Å². The van der Waals surface area contributed by atoms with Crippen LogP contribution in [0.2, 0.25) is 0 Å². The van der Waals surface area contributed by atoms with Crippen molar-refractivity contribution in [3.8, 4) is 0 Å². The molecule has 0 radical (unpaired) electrons. The number of rotatable bonds is 10. The summed E-state index contributed by atoms with van der Waals surface area (Å²) in [5.41, 5.74) is 9.42. The molecule has 1 amide bonds. The summed E-state index contributed by atoms with van der Waals surface area (Å²) in [5.74, 6) is 0.0335. The summed E-state index contributed by atoms with van der Waals surface area (Å²) in [5, 5.41) is 6.21. The second kappa shape index (κ2) is 9.65. The summed E-state index contributed by atoms with van der Waals surface area (Å²) in [6.45, 7) is 2.92. The molecule has 5 nitrogen and oxygen atoms in total. The summed E-state index contributed by atoms with van der Waals surface area (Å²) in [6.07, 6.45) is 10.1. The molecule has 0 unspecified atom stereocenters. The van der Waals surface area contributed by atoms with Crippen LogP contribution in [0.5, 0.6) is 0 Å². The standard InChI is InChI=1S/C19H28N4O/c1-2-3-4-5-6-7-19(24)23-18-9-8-16(12-17(18)20)22-14-15-10-11-21-13-15/h8-13,21-22H,2-7,14,20H2,1H3,(H,23,24). The number of aromatic nitrogens is 1. The van der Waals surface area contributed by atoms with E-state index >= 15 is 0 Å². The van der Waals surface area contributed by atoms with Crippen LogP contribution in [0.4, 0.5) is 17.1 Å². The molecular formula is C19H28N4O. The maximum Gasteiger partial charge on any atom is 0.224 e. The molecule has 0 aliphatic rings. The monoisotopic (exact) mass is 328 g/mol. The van der Waals surface area contributed by atoms with Gasteiger partial charge in [0.2, 0.25) is 5.91 Å². The van der Waals surface area contributed by atoms with Gasteiger partial charge in [-0.25, -0.2) is 0 Å². The minimum Gasteiger partial charge on any atom is -0.397 e. The molecule has 0 spiro atoms. The first-order chi connectivity index (χ1) is 11.7. The fourth-order valence-corrected chi connectivity index (χ4v) is 2.56. The van der Waals surface area contributed by atoms with Crippen molar-refractivity contribution in [2.75, 3.05) is 16.4 Å². The predicted octanol–water partition coefficient (Wildman–Crippen LogP) is 4.51. The minimum absolute atomic E-state index is 0.0335. The van der Waals surface area contributed by atoms with E-state index < -0.39 is 0 Å². The van der Waals surface area contributed by atoms with Gasteiger partial charge in [-0.3, -0.25) is 4.79 Å². The summed E-state index contributed by atoms with van der Waals surface area (Å²) in [7, 11) is 0. The summed E-state index contributed by atoms with van der Waals surface area (Å²) < 4.78 is 0. The van der Waals surface area contributed by atoms with E-state index in [9.17, 15) is 4.79 Å². The number of aromatic amines is 1. The van der Waals surface area contributed by atoms with Crippen LogP contribution in [-0.2, 0) is 11.3 Å². The summed E-state index contributed by atoms with van der Waals surface area (Å²) in [6, 6.07) is 7.65. The van der Waals surface area contributed by atoms with Gasteiger partial charge in [-0.2, -0.15) is 0 Å². The van der Waals surface area contributed by atoms with E-state index in [2.05, 4.69) is 22.5 Å². The number of benzene rings is 1. The quantitative estimate of drug-likeness (QED) is 0.382. The van der Waals surface area contributed by atoms with Crippen molar-refractivity contribution in [1.82, 2.24) is 4.98 Å². The lowest BCUT2D eigenvalue weighted by Gasteiger charge is -2.11. The molecule has 0 saturated heterocycles. The Morgan fingerprint density at radius 1 is 1.17 bits per heavy atom. The van der Waals surface area contributed by atoms with Gasteiger partial charge in [-0.05, 0) is 36.2 Å². The first kappa shape index (κ1) is 17.9. The Hall–Kier alpha value is -2.43. The Labute approximate surface area is 144 Å². The zero-order valence-electron chi connectivity index (χ0n) is 14.4. The van der Waals surface area contributed by atoms with Gasteiger partial charge in [-0.15, -0.1) is 0 Å². The third kappa shape index (κ3) is 5.99. The number of H-pyrrole nitrogens is 1. The fraction of sp³-hybridized carbons (Fsp3) is 0.421. The summed E-state index contributed by atoms with van der Waals surface area (Å²) >= 11 is 0. The van der Waals surface area contributed by atoms with Gasteiger partial charge < -0.3 is 21.4 Å². The number of anilines is 3. The molecule has 0 fully saturated rings. The van der Waals surface area contributed by atoms with Crippen LogP contribution in [0, 0.1) is 0 Å². The molecule has 0 bridgehead atoms. The number of unbranched alkanes of at least 4 members (excludes halogenated alkanes) is 4. The second-order valence-corrected chi connectivity index (χ2v) is 6.09. The van der Waals surface area contributed by atoms with Gasteiger partial charge in [0, 0.05) is 31.0 Å². The number of nitrogen functional groups attached to an aromatic ring is 1. The first-order valence-corrected chi connectivity index (χ1v) is 8.74. The first-order valence-electron chi connectivity index (χ1n) is 8.74.